The number of rotatable bonds is 4. The Kier molecular flexibility index (Phi) is 4.04. The summed E-state index contributed by atoms with van der Waals surface area (Å²) in [6.07, 6.45) is 7.26. The molecule has 7 heteroatoms. The minimum Gasteiger partial charge on any atom is -0.344 e. The third-order valence-electron chi connectivity index (χ3n) is 3.98. The third-order valence-corrected chi connectivity index (χ3v) is 5.06. The van der Waals surface area contributed by atoms with Crippen molar-refractivity contribution in [1.29, 1.82) is 0 Å². The van der Waals surface area contributed by atoms with E-state index in [1.54, 1.807) is 18.6 Å². The highest BCUT2D eigenvalue weighted by molar-refractivity contribution is 7.15. The largest absolute Gasteiger partial charge is 0.344 e. The number of hydrogen-bond donors (Lipinski definition) is 1. The summed E-state index contributed by atoms with van der Waals surface area (Å²) in [7, 11) is 0. The second-order valence-electron chi connectivity index (χ2n) is 5.52. The van der Waals surface area contributed by atoms with Crippen LogP contribution in [0, 0.1) is 0 Å². The molecule has 118 valence electrons. The fourth-order valence-corrected chi connectivity index (χ4v) is 3.78. The van der Waals surface area contributed by atoms with E-state index >= 15 is 0 Å². The lowest BCUT2D eigenvalue weighted by Gasteiger charge is -2.34. The van der Waals surface area contributed by atoms with Crippen LogP contribution in [0.3, 0.4) is 0 Å². The number of piperazine rings is 1. The number of thiophene rings is 1. The van der Waals surface area contributed by atoms with Crippen molar-refractivity contribution >= 4 is 17.3 Å². The average Bonchev–Trinajstić information content (AvgIpc) is 3.28. The Labute approximate surface area is 138 Å². The van der Waals surface area contributed by atoms with E-state index in [1.165, 1.54) is 9.75 Å². The van der Waals surface area contributed by atoms with Gasteiger partial charge in [-0.3, -0.25) is 4.90 Å². The number of hydrogen-bond acceptors (Lipinski definition) is 6. The van der Waals surface area contributed by atoms with E-state index in [4.69, 9.17) is 0 Å². The molecule has 0 saturated carbocycles. The molecule has 0 bridgehead atoms. The molecule has 1 aliphatic rings. The highest BCUT2D eigenvalue weighted by Gasteiger charge is 2.19. The molecule has 1 N–H and O–H groups in total. The third kappa shape index (κ3) is 3.25. The van der Waals surface area contributed by atoms with Crippen molar-refractivity contribution in [2.24, 2.45) is 0 Å². The first-order valence-corrected chi connectivity index (χ1v) is 8.53. The SMILES string of the molecule is c1cnc(N2CCN(Cc3ccc(-c4ncc[nH]4)s3)CC2)nc1. The molecular formula is C16H18N6S. The van der Waals surface area contributed by atoms with Crippen molar-refractivity contribution in [3.8, 4) is 10.7 Å². The topological polar surface area (TPSA) is 60.9 Å². The number of H-pyrrole nitrogens is 1. The van der Waals surface area contributed by atoms with Gasteiger partial charge in [0.1, 0.15) is 5.82 Å². The summed E-state index contributed by atoms with van der Waals surface area (Å²) in [6.45, 7) is 5.01. The lowest BCUT2D eigenvalue weighted by molar-refractivity contribution is 0.251. The van der Waals surface area contributed by atoms with Gasteiger partial charge in [-0.25, -0.2) is 15.0 Å². The van der Waals surface area contributed by atoms with E-state index < -0.39 is 0 Å². The van der Waals surface area contributed by atoms with Crippen LogP contribution in [0.1, 0.15) is 4.88 Å². The summed E-state index contributed by atoms with van der Waals surface area (Å²) in [4.78, 5) is 23.4. The number of nitrogens with zero attached hydrogens (tertiary/aromatic N) is 5. The van der Waals surface area contributed by atoms with Crippen LogP contribution in [0.4, 0.5) is 5.95 Å². The van der Waals surface area contributed by atoms with Crippen LogP contribution >= 0.6 is 11.3 Å². The Morgan fingerprint density at radius 1 is 1.00 bits per heavy atom. The fraction of sp³-hybridized carbons (Fsp3) is 0.312. The standard InChI is InChI=1S/C16H18N6S/c1-4-19-16(20-5-1)22-10-8-21(9-11-22)12-13-2-3-14(23-13)15-17-6-7-18-15/h1-7H,8-12H2,(H,17,18). The molecule has 4 heterocycles. The van der Waals surface area contributed by atoms with E-state index in [9.17, 15) is 0 Å². The van der Waals surface area contributed by atoms with Gasteiger partial charge in [0.15, 0.2) is 0 Å². The van der Waals surface area contributed by atoms with Crippen LogP contribution in [0.2, 0.25) is 0 Å². The van der Waals surface area contributed by atoms with Gasteiger partial charge < -0.3 is 9.88 Å². The fourth-order valence-electron chi connectivity index (χ4n) is 2.77. The first-order chi connectivity index (χ1) is 11.4. The molecule has 4 rings (SSSR count). The van der Waals surface area contributed by atoms with Gasteiger partial charge >= 0.3 is 0 Å². The first-order valence-electron chi connectivity index (χ1n) is 7.71. The molecule has 0 aliphatic carbocycles. The van der Waals surface area contributed by atoms with Crippen molar-refractivity contribution in [3.63, 3.8) is 0 Å². The predicted octanol–water partition coefficient (Wildman–Crippen LogP) is 2.25. The van der Waals surface area contributed by atoms with Crippen molar-refractivity contribution in [1.82, 2.24) is 24.8 Å². The summed E-state index contributed by atoms with van der Waals surface area (Å²) in [6, 6.07) is 6.20. The second kappa shape index (κ2) is 6.47. The van der Waals surface area contributed by atoms with Crippen LogP contribution in [-0.4, -0.2) is 51.0 Å². The molecule has 1 saturated heterocycles. The normalized spacial score (nSPS) is 15.9. The van der Waals surface area contributed by atoms with Crippen molar-refractivity contribution < 1.29 is 0 Å². The monoisotopic (exact) mass is 326 g/mol. The van der Waals surface area contributed by atoms with E-state index in [1.807, 2.05) is 23.6 Å². The van der Waals surface area contributed by atoms with E-state index in [0.717, 1.165) is 44.5 Å². The number of anilines is 1. The maximum absolute atomic E-state index is 4.33. The molecule has 0 amide bonds. The average molecular weight is 326 g/mol. The maximum Gasteiger partial charge on any atom is 0.225 e. The van der Waals surface area contributed by atoms with Crippen molar-refractivity contribution in [2.45, 2.75) is 6.54 Å². The van der Waals surface area contributed by atoms with Crippen LogP contribution in [0.5, 0.6) is 0 Å². The second-order valence-corrected chi connectivity index (χ2v) is 6.68. The van der Waals surface area contributed by atoms with E-state index in [2.05, 4.69) is 41.9 Å². The first kappa shape index (κ1) is 14.3. The predicted molar refractivity (Wildman–Crippen MR) is 91.4 cm³/mol. The molecular weight excluding hydrogens is 308 g/mol. The summed E-state index contributed by atoms with van der Waals surface area (Å²) in [5.41, 5.74) is 0. The molecule has 23 heavy (non-hydrogen) atoms. The number of aromatic amines is 1. The number of nitrogens with one attached hydrogen (secondary N) is 1. The molecule has 3 aromatic heterocycles. The highest BCUT2D eigenvalue weighted by atomic mass is 32.1. The zero-order valence-electron chi connectivity index (χ0n) is 12.7. The molecule has 0 spiro atoms. The summed E-state index contributed by atoms with van der Waals surface area (Å²) < 4.78 is 0. The Balaban J connectivity index is 1.35. The van der Waals surface area contributed by atoms with Crippen molar-refractivity contribution in [3.05, 3.63) is 47.9 Å². The van der Waals surface area contributed by atoms with Crippen LogP contribution < -0.4 is 4.90 Å². The van der Waals surface area contributed by atoms with Gasteiger partial charge in [0.05, 0.1) is 4.88 Å². The molecule has 0 unspecified atom stereocenters. The van der Waals surface area contributed by atoms with Gasteiger partial charge in [0.2, 0.25) is 5.95 Å². The van der Waals surface area contributed by atoms with Gasteiger partial charge in [-0.15, -0.1) is 11.3 Å². The Morgan fingerprint density at radius 3 is 2.57 bits per heavy atom. The Morgan fingerprint density at radius 2 is 1.83 bits per heavy atom. The molecule has 0 radical (unpaired) electrons. The molecule has 1 fully saturated rings. The van der Waals surface area contributed by atoms with Crippen LogP contribution in [-0.2, 0) is 6.54 Å². The van der Waals surface area contributed by atoms with Gasteiger partial charge in [0, 0.05) is 62.4 Å². The molecule has 3 aromatic rings. The summed E-state index contributed by atoms with van der Waals surface area (Å²) in [5, 5.41) is 0. The lowest BCUT2D eigenvalue weighted by atomic mass is 10.3. The summed E-state index contributed by atoms with van der Waals surface area (Å²) >= 11 is 1.81. The lowest BCUT2D eigenvalue weighted by Crippen LogP contribution is -2.46. The van der Waals surface area contributed by atoms with Gasteiger partial charge in [-0.2, -0.15) is 0 Å². The van der Waals surface area contributed by atoms with E-state index in [0.29, 0.717) is 0 Å². The summed E-state index contributed by atoms with van der Waals surface area (Å²) in [5.74, 6) is 1.79. The van der Waals surface area contributed by atoms with Crippen LogP contribution in [0.25, 0.3) is 10.7 Å². The zero-order valence-corrected chi connectivity index (χ0v) is 13.5. The van der Waals surface area contributed by atoms with Crippen molar-refractivity contribution in [2.75, 3.05) is 31.1 Å². The van der Waals surface area contributed by atoms with Gasteiger partial charge in [-0.1, -0.05) is 0 Å². The maximum atomic E-state index is 4.33. The minimum atomic E-state index is 0.836. The highest BCUT2D eigenvalue weighted by Crippen LogP contribution is 2.26. The molecule has 6 nitrogen and oxygen atoms in total. The van der Waals surface area contributed by atoms with Crippen LogP contribution in [0.15, 0.2) is 43.0 Å². The Hall–Kier alpha value is -2.25. The quantitative estimate of drug-likeness (QED) is 0.797. The van der Waals surface area contributed by atoms with Gasteiger partial charge in [-0.05, 0) is 18.2 Å². The van der Waals surface area contributed by atoms with Gasteiger partial charge in [0.25, 0.3) is 0 Å². The molecule has 0 atom stereocenters. The smallest absolute Gasteiger partial charge is 0.225 e. The Bertz CT molecular complexity index is 731. The van der Waals surface area contributed by atoms with E-state index in [-0.39, 0.29) is 0 Å². The number of imidazole rings is 1. The zero-order chi connectivity index (χ0) is 15.5. The molecule has 0 aromatic carbocycles. The molecule has 1 aliphatic heterocycles. The minimum absolute atomic E-state index is 0.836. The number of aromatic nitrogens is 4.